The zero-order chi connectivity index (χ0) is 17.6. The lowest BCUT2D eigenvalue weighted by atomic mass is 9.76. The fraction of sp³-hybridized carbons (Fsp3) is 0.278. The number of nitrogens with zero attached hydrogens (tertiary/aromatic N) is 2. The number of phenols is 1. The molecule has 7 heteroatoms. The van der Waals surface area contributed by atoms with Gasteiger partial charge in [0.05, 0.1) is 11.2 Å². The Morgan fingerprint density at radius 2 is 1.80 bits per heavy atom. The van der Waals surface area contributed by atoms with Gasteiger partial charge in [-0.25, -0.2) is 4.68 Å². The number of aromatic nitrogens is 2. The van der Waals surface area contributed by atoms with E-state index in [-0.39, 0.29) is 18.3 Å². The number of benzene rings is 2. The highest BCUT2D eigenvalue weighted by Gasteiger charge is 2.33. The number of hydrogen-bond acceptors (Lipinski definition) is 4. The summed E-state index contributed by atoms with van der Waals surface area (Å²) in [5.41, 5.74) is 2.57. The summed E-state index contributed by atoms with van der Waals surface area (Å²) < 4.78 is 13.3. The second-order valence-electron chi connectivity index (χ2n) is 7.11. The van der Waals surface area contributed by atoms with Crippen LogP contribution in [0.15, 0.2) is 42.5 Å². The standard InChI is InChI=1S/C18H18BClN2O3/c1-18(2)10-24-19(25-11-18)12-3-5-13(6-4-12)22-17(20)15-9-14(23)7-8-16(15)21-22/h3-9,23H,10-11H2,1-2H3. The SMILES string of the molecule is CC1(C)COB(c2ccc(-n3nc4ccc(O)cc4c3Cl)cc2)OC1. The van der Waals surface area contributed by atoms with Crippen LogP contribution in [0.4, 0.5) is 0 Å². The van der Waals surface area contributed by atoms with Crippen LogP contribution in [0.3, 0.4) is 0 Å². The summed E-state index contributed by atoms with van der Waals surface area (Å²) in [5.74, 6) is 0.166. The van der Waals surface area contributed by atoms with Gasteiger partial charge in [-0.3, -0.25) is 0 Å². The maximum atomic E-state index is 9.63. The number of phenolic OH excluding ortho intramolecular Hbond substituents is 1. The van der Waals surface area contributed by atoms with E-state index in [4.69, 9.17) is 20.9 Å². The number of hydrogen-bond donors (Lipinski definition) is 1. The van der Waals surface area contributed by atoms with Crippen molar-refractivity contribution in [2.24, 2.45) is 5.41 Å². The Morgan fingerprint density at radius 1 is 1.12 bits per heavy atom. The quantitative estimate of drug-likeness (QED) is 0.717. The lowest BCUT2D eigenvalue weighted by Gasteiger charge is -2.33. The van der Waals surface area contributed by atoms with Crippen LogP contribution in [-0.2, 0) is 9.31 Å². The molecule has 1 aliphatic rings. The minimum atomic E-state index is -0.341. The van der Waals surface area contributed by atoms with Crippen molar-refractivity contribution in [3.63, 3.8) is 0 Å². The van der Waals surface area contributed by atoms with Crippen LogP contribution in [-0.4, -0.2) is 35.2 Å². The maximum Gasteiger partial charge on any atom is 0.493 e. The van der Waals surface area contributed by atoms with Crippen LogP contribution in [0.25, 0.3) is 16.6 Å². The van der Waals surface area contributed by atoms with Crippen molar-refractivity contribution in [3.8, 4) is 11.4 Å². The molecule has 128 valence electrons. The smallest absolute Gasteiger partial charge is 0.493 e. The third kappa shape index (κ3) is 3.13. The fourth-order valence-corrected chi connectivity index (χ4v) is 3.16. The number of rotatable bonds is 2. The van der Waals surface area contributed by atoms with E-state index in [1.54, 1.807) is 22.9 Å². The molecule has 2 heterocycles. The Hall–Kier alpha value is -2.02. The summed E-state index contributed by atoms with van der Waals surface area (Å²) in [6.45, 7) is 5.57. The Bertz CT molecular complexity index is 914. The highest BCUT2D eigenvalue weighted by Crippen LogP contribution is 2.29. The number of aromatic hydroxyl groups is 1. The molecule has 0 saturated carbocycles. The van der Waals surface area contributed by atoms with Crippen molar-refractivity contribution in [3.05, 3.63) is 47.6 Å². The van der Waals surface area contributed by atoms with Crippen molar-refractivity contribution in [2.75, 3.05) is 13.2 Å². The molecule has 0 aliphatic carbocycles. The van der Waals surface area contributed by atoms with Crippen LogP contribution < -0.4 is 5.46 Å². The minimum Gasteiger partial charge on any atom is -0.508 e. The molecule has 4 rings (SSSR count). The Morgan fingerprint density at radius 3 is 2.48 bits per heavy atom. The Labute approximate surface area is 151 Å². The summed E-state index contributed by atoms with van der Waals surface area (Å²) >= 11 is 6.42. The van der Waals surface area contributed by atoms with Gasteiger partial charge >= 0.3 is 7.12 Å². The van der Waals surface area contributed by atoms with Crippen LogP contribution in [0.2, 0.25) is 5.15 Å². The van der Waals surface area contributed by atoms with Gasteiger partial charge in [-0.2, -0.15) is 5.10 Å². The predicted octanol–water partition coefficient (Wildman–Crippen LogP) is 3.15. The second-order valence-corrected chi connectivity index (χ2v) is 7.47. The van der Waals surface area contributed by atoms with Crippen molar-refractivity contribution >= 4 is 35.1 Å². The van der Waals surface area contributed by atoms with Gasteiger partial charge in [0.1, 0.15) is 10.9 Å². The molecule has 0 bridgehead atoms. The molecule has 0 spiro atoms. The molecular weight excluding hydrogens is 338 g/mol. The van der Waals surface area contributed by atoms with E-state index in [9.17, 15) is 5.11 Å². The lowest BCUT2D eigenvalue weighted by molar-refractivity contribution is 0.0343. The minimum absolute atomic E-state index is 0.0463. The van der Waals surface area contributed by atoms with Crippen molar-refractivity contribution < 1.29 is 14.4 Å². The highest BCUT2D eigenvalue weighted by molar-refractivity contribution is 6.61. The first-order valence-electron chi connectivity index (χ1n) is 8.14. The molecule has 2 aromatic carbocycles. The van der Waals surface area contributed by atoms with Crippen molar-refractivity contribution in [2.45, 2.75) is 13.8 Å². The molecule has 1 aromatic heterocycles. The molecule has 1 aliphatic heterocycles. The van der Waals surface area contributed by atoms with Gasteiger partial charge in [-0.1, -0.05) is 37.6 Å². The normalized spacial score (nSPS) is 17.2. The van der Waals surface area contributed by atoms with Gasteiger partial charge in [-0.15, -0.1) is 0 Å². The molecule has 0 radical (unpaired) electrons. The zero-order valence-corrected chi connectivity index (χ0v) is 14.8. The van der Waals surface area contributed by atoms with Gasteiger partial charge in [0.25, 0.3) is 0 Å². The first-order chi connectivity index (χ1) is 11.9. The maximum absolute atomic E-state index is 9.63. The average Bonchev–Trinajstić information content (AvgIpc) is 2.92. The van der Waals surface area contributed by atoms with Gasteiger partial charge in [-0.05, 0) is 35.8 Å². The average molecular weight is 357 g/mol. The first kappa shape index (κ1) is 16.5. The van der Waals surface area contributed by atoms with Crippen LogP contribution in [0, 0.1) is 5.41 Å². The third-order valence-corrected chi connectivity index (χ3v) is 4.62. The largest absolute Gasteiger partial charge is 0.508 e. The molecule has 25 heavy (non-hydrogen) atoms. The first-order valence-corrected chi connectivity index (χ1v) is 8.52. The molecular formula is C18H18BClN2O3. The second kappa shape index (κ2) is 6.06. The van der Waals surface area contributed by atoms with Crippen LogP contribution >= 0.6 is 11.6 Å². The van der Waals surface area contributed by atoms with Crippen molar-refractivity contribution in [1.29, 1.82) is 0 Å². The monoisotopic (exact) mass is 356 g/mol. The van der Waals surface area contributed by atoms with Crippen molar-refractivity contribution in [1.82, 2.24) is 9.78 Å². The molecule has 0 unspecified atom stereocenters. The van der Waals surface area contributed by atoms with E-state index in [0.717, 1.165) is 16.7 Å². The summed E-state index contributed by atoms with van der Waals surface area (Å²) in [4.78, 5) is 0. The van der Waals surface area contributed by atoms with E-state index in [0.29, 0.717) is 23.8 Å². The van der Waals surface area contributed by atoms with Gasteiger partial charge in [0, 0.05) is 24.0 Å². The van der Waals surface area contributed by atoms with E-state index in [1.807, 2.05) is 24.3 Å². The molecule has 0 atom stereocenters. The molecule has 0 amide bonds. The molecule has 1 N–H and O–H groups in total. The molecule has 1 saturated heterocycles. The van der Waals surface area contributed by atoms with Crippen LogP contribution in [0.5, 0.6) is 5.75 Å². The van der Waals surface area contributed by atoms with Crippen LogP contribution in [0.1, 0.15) is 13.8 Å². The summed E-state index contributed by atoms with van der Waals surface area (Å²) in [7, 11) is -0.341. The molecule has 1 fully saturated rings. The van der Waals surface area contributed by atoms with E-state index in [1.165, 1.54) is 0 Å². The lowest BCUT2D eigenvalue weighted by Crippen LogP contribution is -2.47. The van der Waals surface area contributed by atoms with E-state index in [2.05, 4.69) is 18.9 Å². The Kier molecular flexibility index (Phi) is 3.99. The molecule has 3 aromatic rings. The number of halogens is 1. The fourth-order valence-electron chi connectivity index (χ4n) is 2.87. The highest BCUT2D eigenvalue weighted by atomic mass is 35.5. The topological polar surface area (TPSA) is 56.5 Å². The summed E-state index contributed by atoms with van der Waals surface area (Å²) in [5, 5.41) is 15.3. The molecule has 5 nitrogen and oxygen atoms in total. The van der Waals surface area contributed by atoms with Gasteiger partial charge < -0.3 is 14.4 Å². The predicted molar refractivity (Wildman–Crippen MR) is 98.8 cm³/mol. The van der Waals surface area contributed by atoms with Gasteiger partial charge in [0.15, 0.2) is 0 Å². The Balaban J connectivity index is 1.61. The zero-order valence-electron chi connectivity index (χ0n) is 14.1. The van der Waals surface area contributed by atoms with E-state index >= 15 is 0 Å². The summed E-state index contributed by atoms with van der Waals surface area (Å²) in [6, 6.07) is 12.7. The number of fused-ring (bicyclic) bond motifs is 1. The van der Waals surface area contributed by atoms with E-state index < -0.39 is 0 Å². The van der Waals surface area contributed by atoms with Gasteiger partial charge in [0.2, 0.25) is 0 Å². The summed E-state index contributed by atoms with van der Waals surface area (Å²) in [6.07, 6.45) is 0. The third-order valence-electron chi connectivity index (χ3n) is 4.26.